The number of rotatable bonds is 1. The number of carbonyl (C=O) groups is 1. The largest absolute Gasteiger partial charge is 0.272 e. The molecule has 4 bridgehead atoms. The van der Waals surface area contributed by atoms with Gasteiger partial charge in [0.05, 0.1) is 18.6 Å². The Bertz CT molecular complexity index is 377. The smallest absolute Gasteiger partial charge is 0.252 e. The first kappa shape index (κ1) is 11.2. The monoisotopic (exact) mass is 253 g/mol. The van der Waals surface area contributed by atoms with Crippen molar-refractivity contribution in [3.63, 3.8) is 0 Å². The van der Waals surface area contributed by atoms with Crippen molar-refractivity contribution in [2.75, 3.05) is 13.2 Å². The number of hydroxylamine groups is 2. The highest BCUT2D eigenvalue weighted by Crippen LogP contribution is 2.63. The highest BCUT2D eigenvalue weighted by molar-refractivity contribution is 5.82. The van der Waals surface area contributed by atoms with Gasteiger partial charge in [-0.3, -0.25) is 9.63 Å². The second kappa shape index (κ2) is 3.47. The maximum atomic E-state index is 14.8. The Hall–Kier alpha value is -0.640. The fraction of sp³-hybridized carbons (Fsp3) is 0.929. The zero-order chi connectivity index (χ0) is 12.4. The Balaban J connectivity index is 1.64. The average Bonchev–Trinajstić information content (AvgIpc) is 2.77. The summed E-state index contributed by atoms with van der Waals surface area (Å²) in [4.78, 5) is 18.1. The molecule has 5 aliphatic rings. The van der Waals surface area contributed by atoms with E-state index in [2.05, 4.69) is 0 Å². The maximum Gasteiger partial charge on any atom is 0.252 e. The summed E-state index contributed by atoms with van der Waals surface area (Å²) in [5.41, 5.74) is -1.48. The van der Waals surface area contributed by atoms with Crippen LogP contribution in [0.4, 0.5) is 4.39 Å². The van der Waals surface area contributed by atoms with Gasteiger partial charge < -0.3 is 0 Å². The van der Waals surface area contributed by atoms with Crippen LogP contribution in [-0.4, -0.2) is 29.8 Å². The number of alkyl halides is 1. The molecule has 4 saturated carbocycles. The number of nitrogens with zero attached hydrogens (tertiary/aromatic N) is 1. The molecule has 3 nitrogen and oxygen atoms in total. The van der Waals surface area contributed by atoms with Crippen molar-refractivity contribution in [1.29, 1.82) is 0 Å². The molecule has 0 unspecified atom stereocenters. The lowest BCUT2D eigenvalue weighted by atomic mass is 9.48. The summed E-state index contributed by atoms with van der Waals surface area (Å²) in [6, 6.07) is 0. The van der Waals surface area contributed by atoms with E-state index in [4.69, 9.17) is 4.84 Å². The number of hydrogen-bond donors (Lipinski definition) is 0. The number of amides is 1. The molecule has 1 saturated heterocycles. The van der Waals surface area contributed by atoms with Crippen molar-refractivity contribution in [3.05, 3.63) is 0 Å². The van der Waals surface area contributed by atoms with Crippen LogP contribution in [0.1, 0.15) is 44.9 Å². The molecule has 1 amide bonds. The summed E-state index contributed by atoms with van der Waals surface area (Å²) in [6.07, 6.45) is 5.68. The van der Waals surface area contributed by atoms with E-state index >= 15 is 0 Å². The van der Waals surface area contributed by atoms with E-state index in [0.29, 0.717) is 44.2 Å². The Morgan fingerprint density at radius 3 is 2.50 bits per heavy atom. The van der Waals surface area contributed by atoms with Crippen LogP contribution >= 0.6 is 0 Å². The van der Waals surface area contributed by atoms with Crippen LogP contribution in [0.15, 0.2) is 0 Å². The second-order valence-electron chi connectivity index (χ2n) is 6.99. The van der Waals surface area contributed by atoms with E-state index in [-0.39, 0.29) is 5.91 Å². The molecule has 0 radical (unpaired) electrons. The van der Waals surface area contributed by atoms with Crippen LogP contribution in [-0.2, 0) is 9.63 Å². The van der Waals surface area contributed by atoms with E-state index in [1.165, 1.54) is 5.06 Å². The topological polar surface area (TPSA) is 29.5 Å². The number of hydrogen-bond acceptors (Lipinski definition) is 2. The zero-order valence-corrected chi connectivity index (χ0v) is 10.7. The molecule has 0 N–H and O–H groups in total. The van der Waals surface area contributed by atoms with Gasteiger partial charge in [0.2, 0.25) is 0 Å². The van der Waals surface area contributed by atoms with E-state index in [9.17, 15) is 9.18 Å². The van der Waals surface area contributed by atoms with Gasteiger partial charge in [-0.05, 0) is 56.8 Å². The molecule has 4 heteroatoms. The van der Waals surface area contributed by atoms with Crippen LogP contribution in [0.5, 0.6) is 0 Å². The summed E-state index contributed by atoms with van der Waals surface area (Å²) >= 11 is 0. The SMILES string of the molecule is O=C(N1CCCO1)C12C[C@H]3C[C@@H](CC(F)(C3)C1)C2. The van der Waals surface area contributed by atoms with E-state index < -0.39 is 11.1 Å². The minimum atomic E-state index is -1.06. The van der Waals surface area contributed by atoms with Crippen molar-refractivity contribution >= 4 is 5.91 Å². The van der Waals surface area contributed by atoms with Gasteiger partial charge in [0.25, 0.3) is 5.91 Å². The lowest BCUT2D eigenvalue weighted by molar-refractivity contribution is -0.201. The molecule has 4 aliphatic carbocycles. The van der Waals surface area contributed by atoms with Gasteiger partial charge >= 0.3 is 0 Å². The lowest BCUT2D eigenvalue weighted by Crippen LogP contribution is -2.59. The van der Waals surface area contributed by atoms with Crippen LogP contribution in [0, 0.1) is 17.3 Å². The highest BCUT2D eigenvalue weighted by Gasteiger charge is 2.62. The molecular formula is C14H20FNO2. The summed E-state index contributed by atoms with van der Waals surface area (Å²) in [5.74, 6) is 0.946. The fourth-order valence-corrected chi connectivity index (χ4v) is 5.27. The van der Waals surface area contributed by atoms with Crippen LogP contribution in [0.2, 0.25) is 0 Å². The minimum absolute atomic E-state index is 0.0797. The third-order valence-electron chi connectivity index (χ3n) is 5.42. The van der Waals surface area contributed by atoms with E-state index in [1.54, 1.807) is 0 Å². The van der Waals surface area contributed by atoms with Crippen molar-refractivity contribution in [1.82, 2.24) is 5.06 Å². The predicted octanol–water partition coefficient (Wildman–Crippen LogP) is 2.46. The first-order valence-corrected chi connectivity index (χ1v) is 7.23. The van der Waals surface area contributed by atoms with Crippen LogP contribution in [0.3, 0.4) is 0 Å². The molecule has 2 atom stereocenters. The van der Waals surface area contributed by atoms with E-state index in [0.717, 1.165) is 25.7 Å². The summed E-state index contributed by atoms with van der Waals surface area (Å²) in [6.45, 7) is 1.32. The Labute approximate surface area is 107 Å². The molecule has 0 aromatic heterocycles. The van der Waals surface area contributed by atoms with Crippen LogP contribution in [0.25, 0.3) is 0 Å². The predicted molar refractivity (Wildman–Crippen MR) is 63.2 cm³/mol. The van der Waals surface area contributed by atoms with Gasteiger partial charge in [-0.1, -0.05) is 0 Å². The molecule has 5 fully saturated rings. The Morgan fingerprint density at radius 1 is 1.22 bits per heavy atom. The second-order valence-corrected chi connectivity index (χ2v) is 6.99. The third kappa shape index (κ3) is 1.47. The van der Waals surface area contributed by atoms with Gasteiger partial charge in [0.1, 0.15) is 5.67 Å². The van der Waals surface area contributed by atoms with Gasteiger partial charge in [-0.25, -0.2) is 9.45 Å². The van der Waals surface area contributed by atoms with Crippen molar-refractivity contribution in [2.24, 2.45) is 17.3 Å². The van der Waals surface area contributed by atoms with Gasteiger partial charge in [-0.2, -0.15) is 0 Å². The minimum Gasteiger partial charge on any atom is -0.272 e. The quantitative estimate of drug-likeness (QED) is 0.718. The van der Waals surface area contributed by atoms with Gasteiger partial charge in [0.15, 0.2) is 0 Å². The third-order valence-corrected chi connectivity index (χ3v) is 5.42. The number of carbonyl (C=O) groups excluding carboxylic acids is 1. The van der Waals surface area contributed by atoms with Crippen LogP contribution < -0.4 is 0 Å². The Kier molecular flexibility index (Phi) is 2.16. The van der Waals surface area contributed by atoms with Crippen molar-refractivity contribution in [2.45, 2.75) is 50.6 Å². The molecule has 1 heterocycles. The zero-order valence-electron chi connectivity index (χ0n) is 10.7. The molecule has 0 aromatic rings. The average molecular weight is 253 g/mol. The summed E-state index contributed by atoms with van der Waals surface area (Å²) < 4.78 is 14.8. The highest BCUT2D eigenvalue weighted by atomic mass is 19.1. The van der Waals surface area contributed by atoms with Gasteiger partial charge in [0, 0.05) is 0 Å². The van der Waals surface area contributed by atoms with Crippen molar-refractivity contribution < 1.29 is 14.0 Å². The fourth-order valence-electron chi connectivity index (χ4n) is 5.27. The first-order valence-electron chi connectivity index (χ1n) is 7.23. The molecular weight excluding hydrogens is 233 g/mol. The van der Waals surface area contributed by atoms with Gasteiger partial charge in [-0.15, -0.1) is 0 Å². The summed E-state index contributed by atoms with van der Waals surface area (Å²) in [7, 11) is 0. The number of halogens is 1. The lowest BCUT2D eigenvalue weighted by Gasteiger charge is -2.58. The molecule has 5 rings (SSSR count). The first-order chi connectivity index (χ1) is 8.59. The summed E-state index contributed by atoms with van der Waals surface area (Å²) in [5, 5.41) is 1.52. The van der Waals surface area contributed by atoms with E-state index in [1.807, 2.05) is 0 Å². The Morgan fingerprint density at radius 2 is 1.94 bits per heavy atom. The molecule has 1 aliphatic heterocycles. The molecule has 0 spiro atoms. The molecule has 0 aromatic carbocycles. The normalized spacial score (nSPS) is 49.9. The maximum absolute atomic E-state index is 14.8. The van der Waals surface area contributed by atoms with Crippen molar-refractivity contribution in [3.8, 4) is 0 Å². The standard InChI is InChI=1S/C14H20FNO2/c15-14-7-10-4-11(8-14)6-13(5-10,9-14)12(17)16-2-1-3-18-16/h10-11H,1-9H2/t10-,11-,13?,14?/m1/s1. The molecule has 18 heavy (non-hydrogen) atoms. The molecule has 100 valence electrons.